The van der Waals surface area contributed by atoms with E-state index < -0.39 is 18.1 Å². The summed E-state index contributed by atoms with van der Waals surface area (Å²) in [7, 11) is 0. The van der Waals surface area contributed by atoms with E-state index in [0.717, 1.165) is 0 Å². The monoisotopic (exact) mass is 327 g/mol. The second-order valence-electron chi connectivity index (χ2n) is 5.66. The number of nitrogens with one attached hydrogen (secondary N) is 1. The Labute approximate surface area is 141 Å². The van der Waals surface area contributed by atoms with Gasteiger partial charge in [-0.2, -0.15) is 0 Å². The number of aliphatic hydroxyl groups is 1. The Morgan fingerprint density at radius 2 is 1.50 bits per heavy atom. The van der Waals surface area contributed by atoms with Gasteiger partial charge in [0.05, 0.1) is 12.1 Å². The Hall–Kier alpha value is -2.66. The van der Waals surface area contributed by atoms with Crippen LogP contribution in [0.4, 0.5) is 0 Å². The van der Waals surface area contributed by atoms with Crippen LogP contribution in [-0.2, 0) is 9.53 Å². The van der Waals surface area contributed by atoms with Gasteiger partial charge in [-0.3, -0.25) is 4.79 Å². The van der Waals surface area contributed by atoms with Crippen LogP contribution in [0, 0.1) is 0 Å². The number of carbonyl (C=O) groups excluding carboxylic acids is 2. The Morgan fingerprint density at radius 3 is 2.04 bits per heavy atom. The summed E-state index contributed by atoms with van der Waals surface area (Å²) in [6.45, 7) is 3.40. The van der Waals surface area contributed by atoms with Gasteiger partial charge in [-0.1, -0.05) is 48.5 Å². The van der Waals surface area contributed by atoms with Gasteiger partial charge in [-0.05, 0) is 31.5 Å². The van der Waals surface area contributed by atoms with Gasteiger partial charge in [-0.15, -0.1) is 0 Å². The van der Waals surface area contributed by atoms with Crippen LogP contribution < -0.4 is 5.32 Å². The van der Waals surface area contributed by atoms with E-state index in [2.05, 4.69) is 5.32 Å². The van der Waals surface area contributed by atoms with Crippen molar-refractivity contribution in [1.82, 2.24) is 5.32 Å². The fraction of sp³-hybridized carbons (Fsp3) is 0.263. The Kier molecular flexibility index (Phi) is 6.09. The van der Waals surface area contributed by atoms with E-state index in [9.17, 15) is 14.7 Å². The molecule has 0 saturated heterocycles. The molecule has 0 aromatic heterocycles. The lowest BCUT2D eigenvalue weighted by atomic mass is 10.0. The average molecular weight is 327 g/mol. The molecule has 2 rings (SSSR count). The Bertz CT molecular complexity index is 670. The highest BCUT2D eigenvalue weighted by Gasteiger charge is 2.31. The van der Waals surface area contributed by atoms with E-state index >= 15 is 0 Å². The van der Waals surface area contributed by atoms with E-state index in [0.29, 0.717) is 11.1 Å². The summed E-state index contributed by atoms with van der Waals surface area (Å²) >= 11 is 0. The summed E-state index contributed by atoms with van der Waals surface area (Å²) < 4.78 is 5.06. The fourth-order valence-electron chi connectivity index (χ4n) is 2.26. The van der Waals surface area contributed by atoms with Crippen LogP contribution >= 0.6 is 0 Å². The molecule has 1 amide bonds. The molecule has 126 valence electrons. The summed E-state index contributed by atoms with van der Waals surface area (Å²) in [5, 5.41) is 13.1. The van der Waals surface area contributed by atoms with E-state index in [4.69, 9.17) is 4.74 Å². The zero-order chi connectivity index (χ0) is 17.5. The quantitative estimate of drug-likeness (QED) is 0.799. The third-order valence-corrected chi connectivity index (χ3v) is 3.39. The second-order valence-corrected chi connectivity index (χ2v) is 5.66. The van der Waals surface area contributed by atoms with Crippen molar-refractivity contribution in [3.63, 3.8) is 0 Å². The number of aliphatic hydroxyl groups excluding tert-OH is 1. The van der Waals surface area contributed by atoms with Crippen molar-refractivity contribution < 1.29 is 19.4 Å². The highest BCUT2D eigenvalue weighted by molar-refractivity contribution is 5.94. The molecule has 5 heteroatoms. The van der Waals surface area contributed by atoms with Crippen molar-refractivity contribution in [2.24, 2.45) is 0 Å². The lowest BCUT2D eigenvalue weighted by Gasteiger charge is -2.24. The number of hydrogen-bond acceptors (Lipinski definition) is 4. The minimum Gasteiger partial charge on any atom is -0.461 e. The van der Waals surface area contributed by atoms with Crippen LogP contribution in [0.15, 0.2) is 60.7 Å². The average Bonchev–Trinajstić information content (AvgIpc) is 2.59. The van der Waals surface area contributed by atoms with E-state index in [-0.39, 0.29) is 12.0 Å². The predicted molar refractivity (Wildman–Crippen MR) is 90.3 cm³/mol. The number of hydrogen-bond donors (Lipinski definition) is 2. The molecule has 2 N–H and O–H groups in total. The molecule has 0 aliphatic heterocycles. The molecule has 0 aliphatic carbocycles. The SMILES string of the molecule is CC(C)OC(=O)C(O)C(NC(=O)c1ccccc1)c1ccccc1. The molecule has 0 bridgehead atoms. The van der Waals surface area contributed by atoms with Crippen molar-refractivity contribution >= 4 is 11.9 Å². The van der Waals surface area contributed by atoms with Gasteiger partial charge in [0, 0.05) is 5.56 Å². The van der Waals surface area contributed by atoms with E-state index in [1.807, 2.05) is 6.07 Å². The van der Waals surface area contributed by atoms with Crippen molar-refractivity contribution in [2.75, 3.05) is 0 Å². The molecule has 0 fully saturated rings. The largest absolute Gasteiger partial charge is 0.461 e. The molecule has 2 unspecified atom stereocenters. The summed E-state index contributed by atoms with van der Waals surface area (Å²) in [5.41, 5.74) is 1.07. The van der Waals surface area contributed by atoms with Gasteiger partial charge in [0.15, 0.2) is 6.10 Å². The van der Waals surface area contributed by atoms with Crippen molar-refractivity contribution in [3.05, 3.63) is 71.8 Å². The van der Waals surface area contributed by atoms with Gasteiger partial charge in [0.1, 0.15) is 0 Å². The van der Waals surface area contributed by atoms with Crippen LogP contribution in [-0.4, -0.2) is 29.2 Å². The molecule has 0 saturated carbocycles. The van der Waals surface area contributed by atoms with Crippen molar-refractivity contribution in [2.45, 2.75) is 32.1 Å². The normalized spacial score (nSPS) is 13.2. The number of benzene rings is 2. The van der Waals surface area contributed by atoms with E-state index in [1.165, 1.54) is 0 Å². The van der Waals surface area contributed by atoms with Crippen LogP contribution in [0.5, 0.6) is 0 Å². The zero-order valence-electron chi connectivity index (χ0n) is 13.7. The van der Waals surface area contributed by atoms with Crippen LogP contribution in [0.25, 0.3) is 0 Å². The van der Waals surface area contributed by atoms with E-state index in [1.54, 1.807) is 68.4 Å². The molecule has 2 aromatic rings. The molecule has 0 radical (unpaired) electrons. The van der Waals surface area contributed by atoms with Gasteiger partial charge in [0.25, 0.3) is 5.91 Å². The first-order valence-electron chi connectivity index (χ1n) is 7.78. The molecule has 0 spiro atoms. The third kappa shape index (κ3) is 4.67. The number of ether oxygens (including phenoxy) is 1. The molecule has 24 heavy (non-hydrogen) atoms. The first-order chi connectivity index (χ1) is 11.5. The molecule has 2 aromatic carbocycles. The lowest BCUT2D eigenvalue weighted by Crippen LogP contribution is -2.41. The molecule has 0 aliphatic rings. The third-order valence-electron chi connectivity index (χ3n) is 3.39. The number of amides is 1. The number of carbonyl (C=O) groups is 2. The minimum atomic E-state index is -1.50. The Balaban J connectivity index is 2.23. The zero-order valence-corrected chi connectivity index (χ0v) is 13.7. The molecular formula is C19H21NO4. The smallest absolute Gasteiger partial charge is 0.337 e. The number of rotatable bonds is 6. The highest BCUT2D eigenvalue weighted by atomic mass is 16.6. The predicted octanol–water partition coefficient (Wildman–Crippen LogP) is 2.47. The van der Waals surface area contributed by atoms with Gasteiger partial charge < -0.3 is 15.2 Å². The maximum atomic E-state index is 12.4. The summed E-state index contributed by atoms with van der Waals surface area (Å²) in [6.07, 6.45) is -1.85. The maximum Gasteiger partial charge on any atom is 0.337 e. The van der Waals surface area contributed by atoms with Gasteiger partial charge in [-0.25, -0.2) is 4.79 Å². The molecule has 0 heterocycles. The van der Waals surface area contributed by atoms with Crippen molar-refractivity contribution in [3.8, 4) is 0 Å². The number of esters is 1. The molecule has 5 nitrogen and oxygen atoms in total. The minimum absolute atomic E-state index is 0.353. The van der Waals surface area contributed by atoms with Crippen LogP contribution in [0.3, 0.4) is 0 Å². The summed E-state index contributed by atoms with van der Waals surface area (Å²) in [4.78, 5) is 24.5. The van der Waals surface area contributed by atoms with Gasteiger partial charge >= 0.3 is 5.97 Å². The van der Waals surface area contributed by atoms with Crippen LogP contribution in [0.2, 0.25) is 0 Å². The maximum absolute atomic E-state index is 12.4. The molecule has 2 atom stereocenters. The summed E-state index contributed by atoms with van der Waals surface area (Å²) in [5.74, 6) is -1.15. The Morgan fingerprint density at radius 1 is 0.958 bits per heavy atom. The lowest BCUT2D eigenvalue weighted by molar-refractivity contribution is -0.159. The first-order valence-corrected chi connectivity index (χ1v) is 7.78. The van der Waals surface area contributed by atoms with Crippen LogP contribution in [0.1, 0.15) is 35.8 Å². The second kappa shape index (κ2) is 8.26. The first kappa shape index (κ1) is 17.7. The summed E-state index contributed by atoms with van der Waals surface area (Å²) in [6, 6.07) is 16.6. The van der Waals surface area contributed by atoms with Crippen molar-refractivity contribution in [1.29, 1.82) is 0 Å². The topological polar surface area (TPSA) is 75.6 Å². The fourth-order valence-corrected chi connectivity index (χ4v) is 2.26. The standard InChI is InChI=1S/C19H21NO4/c1-13(2)24-19(23)17(21)16(14-9-5-3-6-10-14)20-18(22)15-11-7-4-8-12-15/h3-13,16-17,21H,1-2H3,(H,20,22). The molecular weight excluding hydrogens is 306 g/mol. The van der Waals surface area contributed by atoms with Gasteiger partial charge in [0.2, 0.25) is 0 Å². The highest BCUT2D eigenvalue weighted by Crippen LogP contribution is 2.19.